The van der Waals surface area contributed by atoms with E-state index >= 15 is 0 Å². The Kier molecular flexibility index (Phi) is 8.54. The monoisotopic (exact) mass is 334 g/mol. The summed E-state index contributed by atoms with van der Waals surface area (Å²) >= 11 is 0. The summed E-state index contributed by atoms with van der Waals surface area (Å²) in [5.74, 6) is -1.15. The van der Waals surface area contributed by atoms with E-state index in [2.05, 4.69) is 5.32 Å². The minimum atomic E-state index is -0.979. The molecule has 2 N–H and O–H groups in total. The quantitative estimate of drug-likeness (QED) is 0.688. The summed E-state index contributed by atoms with van der Waals surface area (Å²) in [5.41, 5.74) is 1.03. The lowest BCUT2D eigenvalue weighted by Gasteiger charge is -2.21. The van der Waals surface area contributed by atoms with Crippen molar-refractivity contribution in [3.63, 3.8) is 0 Å². The van der Waals surface area contributed by atoms with Crippen LogP contribution in [0.2, 0.25) is 0 Å². The van der Waals surface area contributed by atoms with E-state index in [1.54, 1.807) is 17.0 Å². The molecule has 0 aliphatic rings. The van der Waals surface area contributed by atoms with Crippen molar-refractivity contribution in [2.24, 2.45) is 0 Å². The van der Waals surface area contributed by atoms with Crippen molar-refractivity contribution >= 4 is 17.8 Å². The Bertz CT molecular complexity index is 549. The van der Waals surface area contributed by atoms with Gasteiger partial charge in [0.2, 0.25) is 11.8 Å². The van der Waals surface area contributed by atoms with Crippen molar-refractivity contribution in [3.05, 3.63) is 35.4 Å². The zero-order valence-electron chi connectivity index (χ0n) is 14.4. The van der Waals surface area contributed by atoms with Crippen LogP contribution in [0, 0.1) is 0 Å². The fourth-order valence-corrected chi connectivity index (χ4v) is 2.33. The molecule has 0 saturated heterocycles. The summed E-state index contributed by atoms with van der Waals surface area (Å²) in [4.78, 5) is 36.5. The van der Waals surface area contributed by atoms with Crippen LogP contribution in [0.15, 0.2) is 24.3 Å². The third-order valence-electron chi connectivity index (χ3n) is 3.60. The van der Waals surface area contributed by atoms with E-state index < -0.39 is 5.97 Å². The van der Waals surface area contributed by atoms with Crippen molar-refractivity contribution < 1.29 is 19.5 Å². The lowest BCUT2D eigenvalue weighted by atomic mass is 10.1. The molecule has 0 aromatic heterocycles. The molecule has 132 valence electrons. The van der Waals surface area contributed by atoms with Gasteiger partial charge in [-0.25, -0.2) is 4.79 Å². The number of hydrogen-bond acceptors (Lipinski definition) is 3. The summed E-state index contributed by atoms with van der Waals surface area (Å²) < 4.78 is 0. The normalized spacial score (nSPS) is 10.2. The van der Waals surface area contributed by atoms with E-state index in [9.17, 15) is 14.4 Å². The van der Waals surface area contributed by atoms with Gasteiger partial charge in [-0.1, -0.05) is 26.0 Å². The molecule has 1 aromatic carbocycles. The zero-order valence-corrected chi connectivity index (χ0v) is 14.4. The van der Waals surface area contributed by atoms with Crippen LogP contribution in [0.25, 0.3) is 0 Å². The van der Waals surface area contributed by atoms with Crippen molar-refractivity contribution in [2.75, 3.05) is 13.1 Å². The summed E-state index contributed by atoms with van der Waals surface area (Å²) in [6.07, 6.45) is 2.19. The van der Waals surface area contributed by atoms with E-state index in [0.29, 0.717) is 6.54 Å². The molecule has 1 rings (SSSR count). The summed E-state index contributed by atoms with van der Waals surface area (Å²) in [6, 6.07) is 6.33. The highest BCUT2D eigenvalue weighted by Gasteiger charge is 2.13. The number of carboxylic acid groups (broad SMARTS) is 1. The maximum Gasteiger partial charge on any atom is 0.335 e. The van der Waals surface area contributed by atoms with Crippen LogP contribution in [-0.2, 0) is 16.1 Å². The van der Waals surface area contributed by atoms with Gasteiger partial charge in [-0.2, -0.15) is 0 Å². The average molecular weight is 334 g/mol. The van der Waals surface area contributed by atoms with E-state index in [1.807, 2.05) is 13.8 Å². The molecule has 0 radical (unpaired) electrons. The number of rotatable bonds is 10. The number of carbonyl (C=O) groups is 3. The largest absolute Gasteiger partial charge is 0.478 e. The van der Waals surface area contributed by atoms with Crippen molar-refractivity contribution in [3.8, 4) is 0 Å². The van der Waals surface area contributed by atoms with Crippen LogP contribution in [0.5, 0.6) is 0 Å². The van der Waals surface area contributed by atoms with Crippen LogP contribution < -0.4 is 5.32 Å². The maximum absolute atomic E-state index is 12.1. The number of amides is 2. The summed E-state index contributed by atoms with van der Waals surface area (Å²) in [5, 5.41) is 11.6. The first-order chi connectivity index (χ1) is 11.5. The highest BCUT2D eigenvalue weighted by Crippen LogP contribution is 2.05. The molecule has 0 aliphatic heterocycles. The molecule has 0 saturated carbocycles. The standard InChI is InChI=1S/C18H26N2O4/c1-3-11-20(12-4-2)17(22)10-9-16(21)19-13-14-5-7-15(8-6-14)18(23)24/h5-8H,3-4,9-13H2,1-2H3,(H,19,21)(H,23,24). The number of aromatic carboxylic acids is 1. The molecule has 0 spiro atoms. The first kappa shape index (κ1) is 19.7. The Labute approximate surface area is 142 Å². The van der Waals surface area contributed by atoms with Gasteiger partial charge in [0.25, 0.3) is 0 Å². The first-order valence-corrected chi connectivity index (χ1v) is 8.34. The second-order valence-corrected chi connectivity index (χ2v) is 5.66. The van der Waals surface area contributed by atoms with Gasteiger partial charge in [0.1, 0.15) is 0 Å². The third-order valence-corrected chi connectivity index (χ3v) is 3.60. The van der Waals surface area contributed by atoms with Crippen molar-refractivity contribution in [1.82, 2.24) is 10.2 Å². The number of nitrogens with zero attached hydrogens (tertiary/aromatic N) is 1. The van der Waals surface area contributed by atoms with Crippen LogP contribution >= 0.6 is 0 Å². The first-order valence-electron chi connectivity index (χ1n) is 8.34. The molecule has 0 heterocycles. The highest BCUT2D eigenvalue weighted by molar-refractivity contribution is 5.87. The van der Waals surface area contributed by atoms with E-state index in [-0.39, 0.29) is 30.2 Å². The predicted octanol–water partition coefficient (Wildman–Crippen LogP) is 2.43. The minimum Gasteiger partial charge on any atom is -0.478 e. The Balaban J connectivity index is 2.37. The number of carbonyl (C=O) groups excluding carboxylic acids is 2. The van der Waals surface area contributed by atoms with Crippen molar-refractivity contribution in [1.29, 1.82) is 0 Å². The van der Waals surface area contributed by atoms with Crippen LogP contribution in [-0.4, -0.2) is 40.9 Å². The Hall–Kier alpha value is -2.37. The lowest BCUT2D eigenvalue weighted by Crippen LogP contribution is -2.33. The zero-order chi connectivity index (χ0) is 17.9. The average Bonchev–Trinajstić information content (AvgIpc) is 2.58. The number of nitrogens with one attached hydrogen (secondary N) is 1. The molecule has 0 bridgehead atoms. The molecule has 2 amide bonds. The minimum absolute atomic E-state index is 0.0136. The van der Waals surface area contributed by atoms with Crippen LogP contribution in [0.1, 0.15) is 55.5 Å². The molecular weight excluding hydrogens is 308 g/mol. The van der Waals surface area contributed by atoms with Gasteiger partial charge in [-0.15, -0.1) is 0 Å². The molecular formula is C18H26N2O4. The van der Waals surface area contributed by atoms with Gasteiger partial charge in [-0.05, 0) is 30.5 Å². The Morgan fingerprint density at radius 3 is 2.08 bits per heavy atom. The van der Waals surface area contributed by atoms with Gasteiger partial charge in [0.15, 0.2) is 0 Å². The molecule has 24 heavy (non-hydrogen) atoms. The second kappa shape index (κ2) is 10.4. The molecule has 0 aliphatic carbocycles. The number of carboxylic acids is 1. The third kappa shape index (κ3) is 6.81. The Morgan fingerprint density at radius 2 is 1.58 bits per heavy atom. The van der Waals surface area contributed by atoms with Crippen LogP contribution in [0.3, 0.4) is 0 Å². The Morgan fingerprint density at radius 1 is 1.00 bits per heavy atom. The van der Waals surface area contributed by atoms with E-state index in [4.69, 9.17) is 5.11 Å². The summed E-state index contributed by atoms with van der Waals surface area (Å²) in [7, 11) is 0. The molecule has 0 atom stereocenters. The maximum atomic E-state index is 12.1. The highest BCUT2D eigenvalue weighted by atomic mass is 16.4. The van der Waals surface area contributed by atoms with Crippen molar-refractivity contribution in [2.45, 2.75) is 46.1 Å². The fraction of sp³-hybridized carbons (Fsp3) is 0.500. The molecule has 1 aromatic rings. The molecule has 6 nitrogen and oxygen atoms in total. The molecule has 0 unspecified atom stereocenters. The topological polar surface area (TPSA) is 86.7 Å². The van der Waals surface area contributed by atoms with Crippen LogP contribution in [0.4, 0.5) is 0 Å². The predicted molar refractivity (Wildman–Crippen MR) is 91.6 cm³/mol. The summed E-state index contributed by atoms with van der Waals surface area (Å²) in [6.45, 7) is 5.82. The van der Waals surface area contributed by atoms with Gasteiger partial charge < -0.3 is 15.3 Å². The fourth-order valence-electron chi connectivity index (χ4n) is 2.33. The lowest BCUT2D eigenvalue weighted by molar-refractivity contribution is -0.133. The number of hydrogen-bond donors (Lipinski definition) is 2. The second-order valence-electron chi connectivity index (χ2n) is 5.66. The molecule has 6 heteroatoms. The van der Waals surface area contributed by atoms with Gasteiger partial charge in [0.05, 0.1) is 5.56 Å². The van der Waals surface area contributed by atoms with E-state index in [1.165, 1.54) is 12.1 Å². The molecule has 0 fully saturated rings. The smallest absolute Gasteiger partial charge is 0.335 e. The van der Waals surface area contributed by atoms with Gasteiger partial charge in [0, 0.05) is 32.5 Å². The number of benzene rings is 1. The van der Waals surface area contributed by atoms with Gasteiger partial charge >= 0.3 is 5.97 Å². The van der Waals surface area contributed by atoms with Gasteiger partial charge in [-0.3, -0.25) is 9.59 Å². The SMILES string of the molecule is CCCN(CCC)C(=O)CCC(=O)NCc1ccc(C(=O)O)cc1. The van der Waals surface area contributed by atoms with E-state index in [0.717, 1.165) is 31.5 Å².